The highest BCUT2D eigenvalue weighted by atomic mass is 16.5. The van der Waals surface area contributed by atoms with Gasteiger partial charge in [0.25, 0.3) is 0 Å². The lowest BCUT2D eigenvalue weighted by Crippen LogP contribution is -2.40. The molecule has 1 saturated carbocycles. The number of nitrogens with zero attached hydrogens (tertiary/aromatic N) is 1. The number of hydrogen-bond acceptors (Lipinski definition) is 3. The van der Waals surface area contributed by atoms with Gasteiger partial charge in [0.15, 0.2) is 0 Å². The van der Waals surface area contributed by atoms with E-state index in [0.29, 0.717) is 24.1 Å². The topological polar surface area (TPSA) is 58.6 Å². The second-order valence-corrected chi connectivity index (χ2v) is 4.85. The van der Waals surface area contributed by atoms with Crippen molar-refractivity contribution in [2.24, 2.45) is 0 Å². The Balaban J connectivity index is 2.14. The third-order valence-electron chi connectivity index (χ3n) is 3.08. The fourth-order valence-electron chi connectivity index (χ4n) is 1.97. The molecule has 5 heteroatoms. The van der Waals surface area contributed by atoms with E-state index >= 15 is 0 Å². The molecule has 2 rings (SSSR count). The average Bonchev–Trinajstić information content (AvgIpc) is 3.21. The maximum atomic E-state index is 11.9. The van der Waals surface area contributed by atoms with Gasteiger partial charge >= 0.3 is 0 Å². The molecule has 1 fully saturated rings. The van der Waals surface area contributed by atoms with Crippen molar-refractivity contribution in [2.75, 3.05) is 18.1 Å². The van der Waals surface area contributed by atoms with E-state index in [1.165, 1.54) is 11.8 Å². The molecular formula is C15H20N2O3. The van der Waals surface area contributed by atoms with Crippen LogP contribution in [0.4, 0.5) is 5.69 Å². The molecule has 1 aromatic rings. The molecule has 0 heterocycles. The minimum atomic E-state index is -0.178. The number of rotatable bonds is 6. The van der Waals surface area contributed by atoms with Gasteiger partial charge < -0.3 is 10.1 Å². The van der Waals surface area contributed by atoms with Gasteiger partial charge in [0.05, 0.1) is 12.3 Å². The first-order valence-electron chi connectivity index (χ1n) is 6.91. The summed E-state index contributed by atoms with van der Waals surface area (Å²) in [6.07, 6.45) is 2.06. The van der Waals surface area contributed by atoms with Crippen molar-refractivity contribution in [2.45, 2.75) is 32.7 Å². The number of ether oxygens (including phenoxy) is 1. The standard InChI is InChI=1S/C15H20N2O3/c1-3-20-14-7-5-4-6-13(14)17(11(2)18)10-15(19)16-12-8-9-12/h4-7,12H,3,8-10H2,1-2H3,(H,16,19). The zero-order valence-electron chi connectivity index (χ0n) is 11.9. The molecular weight excluding hydrogens is 256 g/mol. The van der Waals surface area contributed by atoms with Crippen molar-refractivity contribution < 1.29 is 14.3 Å². The lowest BCUT2D eigenvalue weighted by Gasteiger charge is -2.23. The molecule has 1 N–H and O–H groups in total. The number of anilines is 1. The molecule has 1 aromatic carbocycles. The Kier molecular flexibility index (Phi) is 4.61. The van der Waals surface area contributed by atoms with Crippen LogP contribution in [0.25, 0.3) is 0 Å². The maximum Gasteiger partial charge on any atom is 0.240 e. The summed E-state index contributed by atoms with van der Waals surface area (Å²) in [5.41, 5.74) is 0.632. The second-order valence-electron chi connectivity index (χ2n) is 4.85. The second kappa shape index (κ2) is 6.41. The Morgan fingerprint density at radius 3 is 2.65 bits per heavy atom. The summed E-state index contributed by atoms with van der Waals surface area (Å²) >= 11 is 0. The van der Waals surface area contributed by atoms with Gasteiger partial charge in [-0.3, -0.25) is 14.5 Å². The van der Waals surface area contributed by atoms with Gasteiger partial charge in [-0.1, -0.05) is 12.1 Å². The first-order valence-corrected chi connectivity index (χ1v) is 6.91. The summed E-state index contributed by atoms with van der Waals surface area (Å²) in [7, 11) is 0. The van der Waals surface area contributed by atoms with E-state index in [-0.39, 0.29) is 18.4 Å². The molecule has 0 atom stereocenters. The van der Waals surface area contributed by atoms with Gasteiger partial charge in [-0.25, -0.2) is 0 Å². The molecule has 108 valence electrons. The molecule has 5 nitrogen and oxygen atoms in total. The van der Waals surface area contributed by atoms with E-state index in [2.05, 4.69) is 5.32 Å². The summed E-state index contributed by atoms with van der Waals surface area (Å²) in [5.74, 6) is 0.307. The number of carbonyl (C=O) groups excluding carboxylic acids is 2. The summed E-state index contributed by atoms with van der Waals surface area (Å²) in [6, 6.07) is 7.55. The zero-order valence-corrected chi connectivity index (χ0v) is 11.9. The van der Waals surface area contributed by atoms with Gasteiger partial charge in [-0.05, 0) is 31.9 Å². The van der Waals surface area contributed by atoms with Crippen molar-refractivity contribution >= 4 is 17.5 Å². The van der Waals surface area contributed by atoms with Gasteiger partial charge in [0.2, 0.25) is 11.8 Å². The number of hydrogen-bond donors (Lipinski definition) is 1. The van der Waals surface area contributed by atoms with Gasteiger partial charge in [-0.2, -0.15) is 0 Å². The predicted octanol–water partition coefficient (Wildman–Crippen LogP) is 1.72. The molecule has 20 heavy (non-hydrogen) atoms. The van der Waals surface area contributed by atoms with Crippen LogP contribution in [0.15, 0.2) is 24.3 Å². The minimum absolute atomic E-state index is 0.0237. The Bertz CT molecular complexity index is 498. The number of para-hydroxylation sites is 2. The van der Waals surface area contributed by atoms with Crippen molar-refractivity contribution in [1.82, 2.24) is 5.32 Å². The van der Waals surface area contributed by atoms with E-state index in [4.69, 9.17) is 4.74 Å². The van der Waals surface area contributed by atoms with E-state index in [9.17, 15) is 9.59 Å². The fraction of sp³-hybridized carbons (Fsp3) is 0.467. The monoisotopic (exact) mass is 276 g/mol. The highest BCUT2D eigenvalue weighted by Crippen LogP contribution is 2.28. The molecule has 1 aliphatic rings. The van der Waals surface area contributed by atoms with Gasteiger partial charge in [0.1, 0.15) is 12.3 Å². The van der Waals surface area contributed by atoms with Crippen molar-refractivity contribution in [1.29, 1.82) is 0 Å². The van der Waals surface area contributed by atoms with Crippen LogP contribution >= 0.6 is 0 Å². The largest absolute Gasteiger partial charge is 0.492 e. The third kappa shape index (κ3) is 3.73. The Morgan fingerprint density at radius 1 is 1.35 bits per heavy atom. The quantitative estimate of drug-likeness (QED) is 0.860. The third-order valence-corrected chi connectivity index (χ3v) is 3.08. The van der Waals surface area contributed by atoms with E-state index in [1.807, 2.05) is 19.1 Å². The minimum Gasteiger partial charge on any atom is -0.492 e. The summed E-state index contributed by atoms with van der Waals surface area (Å²) < 4.78 is 5.52. The molecule has 0 spiro atoms. The van der Waals surface area contributed by atoms with Crippen molar-refractivity contribution in [3.63, 3.8) is 0 Å². The lowest BCUT2D eigenvalue weighted by molar-refractivity contribution is -0.123. The van der Waals surface area contributed by atoms with Crippen LogP contribution < -0.4 is 15.0 Å². The van der Waals surface area contributed by atoms with Crippen LogP contribution in [-0.4, -0.2) is 31.0 Å². The van der Waals surface area contributed by atoms with Crippen LogP contribution in [0.5, 0.6) is 5.75 Å². The number of benzene rings is 1. The molecule has 0 aliphatic heterocycles. The SMILES string of the molecule is CCOc1ccccc1N(CC(=O)NC1CC1)C(C)=O. The summed E-state index contributed by atoms with van der Waals surface area (Å²) in [6.45, 7) is 3.87. The van der Waals surface area contributed by atoms with E-state index < -0.39 is 0 Å². The smallest absolute Gasteiger partial charge is 0.240 e. The number of nitrogens with one attached hydrogen (secondary N) is 1. The number of carbonyl (C=O) groups is 2. The molecule has 1 aliphatic carbocycles. The molecule has 0 aromatic heterocycles. The van der Waals surface area contributed by atoms with Crippen molar-refractivity contribution in [3.8, 4) is 5.75 Å². The van der Waals surface area contributed by atoms with Crippen LogP contribution in [0.3, 0.4) is 0 Å². The first-order chi connectivity index (χ1) is 9.61. The summed E-state index contributed by atoms with van der Waals surface area (Å²) in [4.78, 5) is 25.2. The molecule has 2 amide bonds. The number of amides is 2. The van der Waals surface area contributed by atoms with E-state index in [0.717, 1.165) is 12.8 Å². The van der Waals surface area contributed by atoms with Gasteiger partial charge in [-0.15, -0.1) is 0 Å². The molecule has 0 radical (unpaired) electrons. The van der Waals surface area contributed by atoms with Crippen LogP contribution in [0, 0.1) is 0 Å². The highest BCUT2D eigenvalue weighted by Gasteiger charge is 2.25. The van der Waals surface area contributed by atoms with Crippen LogP contribution in [0.1, 0.15) is 26.7 Å². The zero-order chi connectivity index (χ0) is 14.5. The van der Waals surface area contributed by atoms with E-state index in [1.54, 1.807) is 12.1 Å². The van der Waals surface area contributed by atoms with Gasteiger partial charge in [0, 0.05) is 13.0 Å². The maximum absolute atomic E-state index is 11.9. The predicted molar refractivity (Wildman–Crippen MR) is 76.8 cm³/mol. The Labute approximate surface area is 118 Å². The lowest BCUT2D eigenvalue weighted by atomic mass is 10.2. The Morgan fingerprint density at radius 2 is 2.05 bits per heavy atom. The van der Waals surface area contributed by atoms with Crippen molar-refractivity contribution in [3.05, 3.63) is 24.3 Å². The normalized spacial score (nSPS) is 13.7. The molecule has 0 bridgehead atoms. The van der Waals surface area contributed by atoms with Crippen LogP contribution in [-0.2, 0) is 9.59 Å². The summed E-state index contributed by atoms with van der Waals surface area (Å²) in [5, 5.41) is 2.89. The molecule has 0 unspecified atom stereocenters. The van der Waals surface area contributed by atoms with Crippen LogP contribution in [0.2, 0.25) is 0 Å². The highest BCUT2D eigenvalue weighted by molar-refractivity contribution is 5.98. The first kappa shape index (κ1) is 14.4. The fourth-order valence-corrected chi connectivity index (χ4v) is 1.97. The molecule has 0 saturated heterocycles. The average molecular weight is 276 g/mol. The Hall–Kier alpha value is -2.04.